The average molecular weight is 504 g/mol. The zero-order valence-electron chi connectivity index (χ0n) is 21.0. The summed E-state index contributed by atoms with van der Waals surface area (Å²) in [6, 6.07) is 15.6. The number of amides is 2. The highest BCUT2D eigenvalue weighted by atomic mass is 19.4. The van der Waals surface area contributed by atoms with Crippen molar-refractivity contribution in [3.05, 3.63) is 59.7 Å². The molecule has 3 rings (SSSR count). The highest BCUT2D eigenvalue weighted by molar-refractivity contribution is 5.87. The predicted molar refractivity (Wildman–Crippen MR) is 136 cm³/mol. The maximum absolute atomic E-state index is 13.0. The van der Waals surface area contributed by atoms with Crippen LogP contribution >= 0.6 is 0 Å². The number of nitrogens with one attached hydrogen (secondary N) is 2. The van der Waals surface area contributed by atoms with Gasteiger partial charge in [0, 0.05) is 26.1 Å². The number of rotatable bonds is 10. The van der Waals surface area contributed by atoms with Gasteiger partial charge in [0.25, 0.3) is 0 Å². The van der Waals surface area contributed by atoms with E-state index < -0.39 is 24.5 Å². The standard InChI is InChI=1S/C28H36F3N3O2/c1-20-9-3-4-10-23(20)24-11-5-6-12-25(24)26(27(36)32-19-28(29,30)31)13-7-8-16-34-17-14-22(15-18-34)33-21(2)35/h3-6,9-12,22,26H,7-8,13-19H2,1-2H3,(H,32,36)(H,33,35). The molecule has 5 nitrogen and oxygen atoms in total. The zero-order valence-corrected chi connectivity index (χ0v) is 21.0. The molecular weight excluding hydrogens is 467 g/mol. The first-order chi connectivity index (χ1) is 17.1. The molecule has 8 heteroatoms. The van der Waals surface area contributed by atoms with Crippen molar-refractivity contribution in [1.29, 1.82) is 0 Å². The Morgan fingerprint density at radius 2 is 1.64 bits per heavy atom. The van der Waals surface area contributed by atoms with Gasteiger partial charge in [-0.15, -0.1) is 0 Å². The van der Waals surface area contributed by atoms with Gasteiger partial charge in [-0.25, -0.2) is 0 Å². The van der Waals surface area contributed by atoms with Crippen molar-refractivity contribution in [2.75, 3.05) is 26.2 Å². The van der Waals surface area contributed by atoms with Crippen LogP contribution in [0, 0.1) is 6.92 Å². The second kappa shape index (κ2) is 12.9. The normalized spacial score (nSPS) is 15.9. The molecule has 0 bridgehead atoms. The number of nitrogens with zero attached hydrogens (tertiary/aromatic N) is 1. The van der Waals surface area contributed by atoms with Crippen molar-refractivity contribution in [1.82, 2.24) is 15.5 Å². The first kappa shape index (κ1) is 27.7. The lowest BCUT2D eigenvalue weighted by Gasteiger charge is -2.32. The van der Waals surface area contributed by atoms with Gasteiger partial charge in [-0.1, -0.05) is 55.0 Å². The molecule has 0 aliphatic carbocycles. The molecule has 0 aromatic heterocycles. The Morgan fingerprint density at radius 3 is 2.28 bits per heavy atom. The predicted octanol–water partition coefficient (Wildman–Crippen LogP) is 5.19. The van der Waals surface area contributed by atoms with Crippen molar-refractivity contribution in [3.63, 3.8) is 0 Å². The summed E-state index contributed by atoms with van der Waals surface area (Å²) in [4.78, 5) is 26.6. The molecule has 0 spiro atoms. The zero-order chi connectivity index (χ0) is 26.1. The van der Waals surface area contributed by atoms with Crippen LogP contribution in [-0.4, -0.2) is 55.1 Å². The third kappa shape index (κ3) is 8.36. The molecule has 2 amide bonds. The fourth-order valence-corrected chi connectivity index (χ4v) is 4.93. The Bertz CT molecular complexity index is 1020. The Balaban J connectivity index is 1.67. The highest BCUT2D eigenvalue weighted by Gasteiger charge is 2.31. The maximum Gasteiger partial charge on any atom is 0.405 e. The Kier molecular flexibility index (Phi) is 9.93. The van der Waals surface area contributed by atoms with Gasteiger partial charge in [0.05, 0.1) is 5.92 Å². The van der Waals surface area contributed by atoms with E-state index in [0.29, 0.717) is 6.42 Å². The van der Waals surface area contributed by atoms with Crippen LogP contribution in [0.25, 0.3) is 11.1 Å². The van der Waals surface area contributed by atoms with E-state index in [1.165, 1.54) is 6.92 Å². The molecule has 2 N–H and O–H groups in total. The number of benzene rings is 2. The summed E-state index contributed by atoms with van der Waals surface area (Å²) in [6.07, 6.45) is -0.607. The number of piperidine rings is 1. The first-order valence-corrected chi connectivity index (χ1v) is 12.6. The summed E-state index contributed by atoms with van der Waals surface area (Å²) >= 11 is 0. The molecule has 196 valence electrons. The summed E-state index contributed by atoms with van der Waals surface area (Å²) in [5, 5.41) is 5.09. The molecule has 1 saturated heterocycles. The number of carbonyl (C=O) groups is 2. The summed E-state index contributed by atoms with van der Waals surface area (Å²) in [5.41, 5.74) is 3.65. The van der Waals surface area contributed by atoms with Crippen molar-refractivity contribution < 1.29 is 22.8 Å². The van der Waals surface area contributed by atoms with E-state index in [9.17, 15) is 22.8 Å². The molecule has 2 aromatic rings. The van der Waals surface area contributed by atoms with Gasteiger partial charge in [0.2, 0.25) is 11.8 Å². The number of aryl methyl sites for hydroxylation is 1. The van der Waals surface area contributed by atoms with Crippen LogP contribution < -0.4 is 10.6 Å². The van der Waals surface area contributed by atoms with E-state index in [4.69, 9.17) is 0 Å². The molecule has 0 radical (unpaired) electrons. The van der Waals surface area contributed by atoms with Gasteiger partial charge in [-0.2, -0.15) is 13.2 Å². The largest absolute Gasteiger partial charge is 0.405 e. The van der Waals surface area contributed by atoms with Gasteiger partial charge < -0.3 is 15.5 Å². The van der Waals surface area contributed by atoms with Crippen LogP contribution in [0.4, 0.5) is 13.2 Å². The van der Waals surface area contributed by atoms with Gasteiger partial charge in [-0.05, 0) is 61.4 Å². The summed E-state index contributed by atoms with van der Waals surface area (Å²) < 4.78 is 38.5. The first-order valence-electron chi connectivity index (χ1n) is 12.6. The van der Waals surface area contributed by atoms with Crippen LogP contribution in [-0.2, 0) is 9.59 Å². The molecule has 36 heavy (non-hydrogen) atoms. The van der Waals surface area contributed by atoms with Crippen molar-refractivity contribution in [2.24, 2.45) is 0 Å². The molecule has 1 fully saturated rings. The number of unbranched alkanes of at least 4 members (excludes halogenated alkanes) is 1. The number of likely N-dealkylation sites (tertiary alicyclic amines) is 1. The SMILES string of the molecule is CC(=O)NC1CCN(CCCCC(C(=O)NCC(F)(F)F)c2ccccc2-c2ccccc2C)CC1. The van der Waals surface area contributed by atoms with Gasteiger partial charge in [0.1, 0.15) is 6.54 Å². The van der Waals surface area contributed by atoms with E-state index in [1.807, 2.05) is 55.5 Å². The third-order valence-corrected chi connectivity index (χ3v) is 6.76. The topological polar surface area (TPSA) is 61.4 Å². The number of carbonyl (C=O) groups excluding carboxylic acids is 2. The monoisotopic (exact) mass is 503 g/mol. The lowest BCUT2D eigenvalue weighted by atomic mass is 9.85. The summed E-state index contributed by atoms with van der Waals surface area (Å²) in [6.45, 7) is 4.85. The van der Waals surface area contributed by atoms with Crippen LogP contribution in [0.1, 0.15) is 56.1 Å². The Hall–Kier alpha value is -2.87. The Labute approximate surface area is 211 Å². The minimum absolute atomic E-state index is 0.00531. The minimum atomic E-state index is -4.46. The molecular formula is C28H36F3N3O2. The second-order valence-corrected chi connectivity index (χ2v) is 9.60. The number of alkyl halides is 3. The van der Waals surface area contributed by atoms with E-state index in [0.717, 1.165) is 67.6 Å². The van der Waals surface area contributed by atoms with E-state index in [2.05, 4.69) is 15.5 Å². The molecule has 1 unspecified atom stereocenters. The van der Waals surface area contributed by atoms with Gasteiger partial charge in [-0.3, -0.25) is 9.59 Å². The van der Waals surface area contributed by atoms with Crippen LogP contribution in [0.3, 0.4) is 0 Å². The number of hydrogen-bond acceptors (Lipinski definition) is 3. The maximum atomic E-state index is 13.0. The molecule has 1 atom stereocenters. The van der Waals surface area contributed by atoms with Crippen LogP contribution in [0.2, 0.25) is 0 Å². The van der Waals surface area contributed by atoms with Crippen LogP contribution in [0.5, 0.6) is 0 Å². The van der Waals surface area contributed by atoms with Crippen LogP contribution in [0.15, 0.2) is 48.5 Å². The third-order valence-electron chi connectivity index (χ3n) is 6.76. The molecule has 2 aromatic carbocycles. The number of hydrogen-bond donors (Lipinski definition) is 2. The summed E-state index contributed by atoms with van der Waals surface area (Å²) in [5.74, 6) is -1.27. The smallest absolute Gasteiger partial charge is 0.354 e. The van der Waals surface area contributed by atoms with Crippen molar-refractivity contribution in [3.8, 4) is 11.1 Å². The molecule has 0 saturated carbocycles. The van der Waals surface area contributed by atoms with Gasteiger partial charge >= 0.3 is 6.18 Å². The summed E-state index contributed by atoms with van der Waals surface area (Å²) in [7, 11) is 0. The van der Waals surface area contributed by atoms with E-state index >= 15 is 0 Å². The van der Waals surface area contributed by atoms with E-state index in [-0.39, 0.29) is 11.9 Å². The minimum Gasteiger partial charge on any atom is -0.354 e. The van der Waals surface area contributed by atoms with Crippen molar-refractivity contribution in [2.45, 2.75) is 64.1 Å². The lowest BCUT2D eigenvalue weighted by Crippen LogP contribution is -2.44. The fraction of sp³-hybridized carbons (Fsp3) is 0.500. The number of halogens is 3. The fourth-order valence-electron chi connectivity index (χ4n) is 4.93. The van der Waals surface area contributed by atoms with Gasteiger partial charge in [0.15, 0.2) is 0 Å². The lowest BCUT2D eigenvalue weighted by molar-refractivity contribution is -0.139. The molecule has 1 aliphatic heterocycles. The average Bonchev–Trinajstić information content (AvgIpc) is 2.83. The second-order valence-electron chi connectivity index (χ2n) is 9.60. The molecule has 1 heterocycles. The molecule has 1 aliphatic rings. The quantitative estimate of drug-likeness (QED) is 0.439. The Morgan fingerprint density at radius 1 is 1.00 bits per heavy atom. The van der Waals surface area contributed by atoms with Crippen molar-refractivity contribution >= 4 is 11.8 Å². The highest BCUT2D eigenvalue weighted by Crippen LogP contribution is 2.34. The van der Waals surface area contributed by atoms with E-state index in [1.54, 1.807) is 0 Å².